The number of aliphatic carboxylic acids is 2. The van der Waals surface area contributed by atoms with Crippen LogP contribution in [0.4, 0.5) is 0 Å². The molecule has 5 unspecified atom stereocenters. The molecule has 0 spiro atoms. The molecule has 190 valence electrons. The maximum absolute atomic E-state index is 12.9. The monoisotopic (exact) mass is 474 g/mol. The fraction of sp³-hybridized carbons (Fsp3) is 0.762. The van der Waals surface area contributed by atoms with Crippen LogP contribution in [0.1, 0.15) is 60.3 Å². The molecule has 0 heterocycles. The maximum Gasteiger partial charge on any atom is 0.328 e. The Labute approximate surface area is 193 Å². The number of hydrogen-bond donors (Lipinski definition) is 7. The van der Waals surface area contributed by atoms with E-state index in [9.17, 15) is 29.1 Å². The number of aliphatic hydroxyl groups excluding tert-OH is 1. The summed E-state index contributed by atoms with van der Waals surface area (Å²) in [4.78, 5) is 60.2. The van der Waals surface area contributed by atoms with Gasteiger partial charge in [0.05, 0.1) is 12.1 Å². The molecule has 5 atom stereocenters. The van der Waals surface area contributed by atoms with Crippen molar-refractivity contribution in [1.82, 2.24) is 16.0 Å². The Hall–Kier alpha value is -2.73. The van der Waals surface area contributed by atoms with E-state index >= 15 is 0 Å². The lowest BCUT2D eigenvalue weighted by molar-refractivity contribution is -0.145. The second-order valence-corrected chi connectivity index (χ2v) is 8.99. The summed E-state index contributed by atoms with van der Waals surface area (Å²) in [7, 11) is 0. The SMILES string of the molecule is CC(C)CC(N)C(=O)NC(CC(C)C)C(=O)NC(CCC(=O)O)C(=O)NC(C(=O)O)C(C)O. The summed E-state index contributed by atoms with van der Waals surface area (Å²) < 4.78 is 0. The molecule has 0 rings (SSSR count). The van der Waals surface area contributed by atoms with Crippen molar-refractivity contribution in [2.75, 3.05) is 0 Å². The van der Waals surface area contributed by atoms with Crippen molar-refractivity contribution in [1.29, 1.82) is 0 Å². The molecule has 0 radical (unpaired) electrons. The van der Waals surface area contributed by atoms with E-state index in [0.717, 1.165) is 0 Å². The Morgan fingerprint density at radius 2 is 1.24 bits per heavy atom. The lowest BCUT2D eigenvalue weighted by atomic mass is 10.00. The predicted molar refractivity (Wildman–Crippen MR) is 119 cm³/mol. The number of rotatable bonds is 15. The van der Waals surface area contributed by atoms with Crippen molar-refractivity contribution in [3.05, 3.63) is 0 Å². The smallest absolute Gasteiger partial charge is 0.328 e. The number of carbonyl (C=O) groups is 5. The highest BCUT2D eigenvalue weighted by atomic mass is 16.4. The van der Waals surface area contributed by atoms with E-state index in [1.807, 2.05) is 27.7 Å². The van der Waals surface area contributed by atoms with Gasteiger partial charge < -0.3 is 37.0 Å². The first-order valence-electron chi connectivity index (χ1n) is 10.9. The Balaban J connectivity index is 5.56. The summed E-state index contributed by atoms with van der Waals surface area (Å²) in [5, 5.41) is 34.8. The Morgan fingerprint density at radius 1 is 0.758 bits per heavy atom. The normalized spacial score (nSPS) is 15.8. The number of nitrogens with two attached hydrogens (primary N) is 1. The zero-order valence-electron chi connectivity index (χ0n) is 19.8. The predicted octanol–water partition coefficient (Wildman–Crippen LogP) is -0.809. The number of carbonyl (C=O) groups excluding carboxylic acids is 3. The van der Waals surface area contributed by atoms with Crippen molar-refractivity contribution in [2.45, 2.75) is 90.6 Å². The van der Waals surface area contributed by atoms with E-state index in [2.05, 4.69) is 16.0 Å². The van der Waals surface area contributed by atoms with Gasteiger partial charge in [-0.15, -0.1) is 0 Å². The molecule has 0 bridgehead atoms. The second kappa shape index (κ2) is 14.4. The molecule has 8 N–H and O–H groups in total. The summed E-state index contributed by atoms with van der Waals surface area (Å²) in [6.07, 6.45) is -1.61. The van der Waals surface area contributed by atoms with E-state index in [1.54, 1.807) is 0 Å². The van der Waals surface area contributed by atoms with Gasteiger partial charge in [-0.2, -0.15) is 0 Å². The van der Waals surface area contributed by atoms with Crippen LogP contribution in [-0.4, -0.2) is 75.3 Å². The molecule has 0 saturated heterocycles. The molecule has 12 nitrogen and oxygen atoms in total. The number of carboxylic acids is 2. The van der Waals surface area contributed by atoms with Crippen LogP contribution in [0, 0.1) is 11.8 Å². The van der Waals surface area contributed by atoms with E-state index in [1.165, 1.54) is 6.92 Å². The molecule has 0 aliphatic rings. The van der Waals surface area contributed by atoms with Crippen LogP contribution in [0.2, 0.25) is 0 Å². The topological polar surface area (TPSA) is 208 Å². The Bertz CT molecular complexity index is 696. The van der Waals surface area contributed by atoms with E-state index in [4.69, 9.17) is 15.9 Å². The first-order valence-corrected chi connectivity index (χ1v) is 10.9. The third-order valence-electron chi connectivity index (χ3n) is 4.73. The summed E-state index contributed by atoms with van der Waals surface area (Å²) >= 11 is 0. The first-order chi connectivity index (χ1) is 15.1. The molecule has 33 heavy (non-hydrogen) atoms. The van der Waals surface area contributed by atoms with Gasteiger partial charge in [0.2, 0.25) is 17.7 Å². The molecule has 0 fully saturated rings. The molecular formula is C21H38N4O8. The van der Waals surface area contributed by atoms with Crippen LogP contribution in [0.15, 0.2) is 0 Å². The van der Waals surface area contributed by atoms with Gasteiger partial charge in [-0.05, 0) is 38.0 Å². The third-order valence-corrected chi connectivity index (χ3v) is 4.73. The summed E-state index contributed by atoms with van der Waals surface area (Å²) in [6, 6.07) is -4.92. The van der Waals surface area contributed by atoms with Gasteiger partial charge in [0, 0.05) is 6.42 Å². The van der Waals surface area contributed by atoms with Crippen molar-refractivity contribution < 1.29 is 39.3 Å². The highest BCUT2D eigenvalue weighted by Gasteiger charge is 2.32. The largest absolute Gasteiger partial charge is 0.481 e. The highest BCUT2D eigenvalue weighted by Crippen LogP contribution is 2.09. The van der Waals surface area contributed by atoms with Gasteiger partial charge in [-0.25, -0.2) is 4.79 Å². The summed E-state index contributed by atoms with van der Waals surface area (Å²) in [5.41, 5.74) is 5.89. The molecule has 0 aromatic carbocycles. The Kier molecular flexibility index (Phi) is 13.2. The quantitative estimate of drug-likeness (QED) is 0.158. The zero-order valence-corrected chi connectivity index (χ0v) is 19.8. The fourth-order valence-electron chi connectivity index (χ4n) is 3.05. The number of hydrogen-bond acceptors (Lipinski definition) is 7. The lowest BCUT2D eigenvalue weighted by Crippen LogP contribution is -2.58. The number of amides is 3. The molecule has 0 aliphatic carbocycles. The van der Waals surface area contributed by atoms with Crippen LogP contribution in [-0.2, 0) is 24.0 Å². The first kappa shape index (κ1) is 30.3. The van der Waals surface area contributed by atoms with Crippen molar-refractivity contribution in [3.8, 4) is 0 Å². The third kappa shape index (κ3) is 12.2. The van der Waals surface area contributed by atoms with Gasteiger partial charge in [0.25, 0.3) is 0 Å². The van der Waals surface area contributed by atoms with Gasteiger partial charge in [-0.1, -0.05) is 27.7 Å². The summed E-state index contributed by atoms with van der Waals surface area (Å²) in [6.45, 7) is 8.62. The van der Waals surface area contributed by atoms with E-state index < -0.39 is 66.4 Å². The van der Waals surface area contributed by atoms with Gasteiger partial charge in [-0.3, -0.25) is 19.2 Å². The van der Waals surface area contributed by atoms with Crippen LogP contribution in [0.3, 0.4) is 0 Å². The number of carboxylic acid groups (broad SMARTS) is 2. The van der Waals surface area contributed by atoms with Crippen molar-refractivity contribution in [2.24, 2.45) is 17.6 Å². The van der Waals surface area contributed by atoms with Crippen LogP contribution in [0.25, 0.3) is 0 Å². The average Bonchev–Trinajstić information content (AvgIpc) is 2.66. The van der Waals surface area contributed by atoms with Crippen LogP contribution >= 0.6 is 0 Å². The minimum Gasteiger partial charge on any atom is -0.481 e. The van der Waals surface area contributed by atoms with Crippen molar-refractivity contribution >= 4 is 29.7 Å². The molecule has 0 saturated carbocycles. The number of aliphatic hydroxyl groups is 1. The van der Waals surface area contributed by atoms with Crippen LogP contribution in [0.5, 0.6) is 0 Å². The Morgan fingerprint density at radius 3 is 1.67 bits per heavy atom. The summed E-state index contributed by atoms with van der Waals surface area (Å²) in [5.74, 6) is -4.81. The zero-order chi connectivity index (χ0) is 25.9. The average molecular weight is 475 g/mol. The van der Waals surface area contributed by atoms with Gasteiger partial charge in [0.1, 0.15) is 12.1 Å². The molecule has 0 aromatic heterocycles. The highest BCUT2D eigenvalue weighted by molar-refractivity contribution is 5.94. The van der Waals surface area contributed by atoms with Gasteiger partial charge in [0.15, 0.2) is 6.04 Å². The molecule has 3 amide bonds. The van der Waals surface area contributed by atoms with Crippen molar-refractivity contribution in [3.63, 3.8) is 0 Å². The maximum atomic E-state index is 12.9. The fourth-order valence-corrected chi connectivity index (χ4v) is 3.05. The standard InChI is InChI=1S/C21H38N4O8/c1-10(2)8-13(22)18(29)24-15(9-11(3)4)20(31)23-14(6-7-16(27)28)19(30)25-17(12(5)26)21(32)33/h10-15,17,26H,6-9,22H2,1-5H3,(H,23,31)(H,24,29)(H,25,30)(H,27,28)(H,32,33). The second-order valence-electron chi connectivity index (χ2n) is 8.99. The molecule has 12 heteroatoms. The minimum atomic E-state index is -1.65. The van der Waals surface area contributed by atoms with Gasteiger partial charge >= 0.3 is 11.9 Å². The number of nitrogens with one attached hydrogen (secondary N) is 3. The van der Waals surface area contributed by atoms with E-state index in [-0.39, 0.29) is 24.7 Å². The minimum absolute atomic E-state index is 0.0136. The van der Waals surface area contributed by atoms with E-state index in [0.29, 0.717) is 6.42 Å². The molecule has 0 aromatic rings. The molecule has 0 aliphatic heterocycles. The van der Waals surface area contributed by atoms with Crippen LogP contribution < -0.4 is 21.7 Å². The molecular weight excluding hydrogens is 436 g/mol. The lowest BCUT2D eigenvalue weighted by Gasteiger charge is -2.26.